The van der Waals surface area contributed by atoms with Crippen LogP contribution >= 0.6 is 23.2 Å². The predicted molar refractivity (Wildman–Crippen MR) is 134 cm³/mol. The average Bonchev–Trinajstić information content (AvgIpc) is 2.77. The lowest BCUT2D eigenvalue weighted by molar-refractivity contribution is -0.148. The van der Waals surface area contributed by atoms with Gasteiger partial charge in [0.05, 0.1) is 46.8 Å². The molecule has 4 N–H and O–H groups in total. The van der Waals surface area contributed by atoms with E-state index in [0.717, 1.165) is 0 Å². The molecule has 0 heterocycles. The second-order valence-electron chi connectivity index (χ2n) is 7.25. The van der Waals surface area contributed by atoms with Gasteiger partial charge in [0.15, 0.2) is 0 Å². The zero-order chi connectivity index (χ0) is 26.5. The number of aliphatic imine (C=N–C) groups is 1. The molecule has 0 bridgehead atoms. The van der Waals surface area contributed by atoms with E-state index in [4.69, 9.17) is 38.4 Å². The van der Waals surface area contributed by atoms with Crippen LogP contribution in [-0.4, -0.2) is 55.3 Å². The van der Waals surface area contributed by atoms with E-state index in [1.165, 1.54) is 13.0 Å². The minimum atomic E-state index is -1.08. The molecule has 1 unspecified atom stereocenters. The number of halogens is 2. The fourth-order valence-electron chi connectivity index (χ4n) is 2.91. The van der Waals surface area contributed by atoms with Crippen molar-refractivity contribution in [2.45, 2.75) is 46.6 Å². The average molecular weight is 529 g/mol. The molecule has 0 radical (unpaired) electrons. The van der Waals surface area contributed by atoms with Crippen LogP contribution in [0.4, 0.5) is 5.69 Å². The van der Waals surface area contributed by atoms with Crippen molar-refractivity contribution in [3.05, 3.63) is 39.5 Å². The Bertz CT molecular complexity index is 1010. The maximum atomic E-state index is 12.7. The number of benzene rings is 1. The molecule has 0 aliphatic carbocycles. The lowest BCUT2D eigenvalue weighted by atomic mass is 10.1. The number of amides is 2. The fraction of sp³-hybridized carbons (Fsp3) is 0.435. The zero-order valence-corrected chi connectivity index (χ0v) is 21.6. The molecule has 1 atom stereocenters. The van der Waals surface area contributed by atoms with Gasteiger partial charge in [-0.15, -0.1) is 0 Å². The molecule has 0 aliphatic heterocycles. The summed E-state index contributed by atoms with van der Waals surface area (Å²) in [5.41, 5.74) is 6.89. The molecule has 12 heteroatoms. The van der Waals surface area contributed by atoms with Gasteiger partial charge in [0.1, 0.15) is 6.04 Å². The summed E-state index contributed by atoms with van der Waals surface area (Å²) in [4.78, 5) is 53.3. The first-order chi connectivity index (χ1) is 16.5. The minimum absolute atomic E-state index is 0.0141. The highest BCUT2D eigenvalue weighted by Gasteiger charge is 2.24. The van der Waals surface area contributed by atoms with Crippen molar-refractivity contribution in [1.82, 2.24) is 10.6 Å². The molecule has 0 saturated heterocycles. The van der Waals surface area contributed by atoms with E-state index >= 15 is 0 Å². The molecular formula is C23H30Cl2N4O6. The van der Waals surface area contributed by atoms with E-state index in [2.05, 4.69) is 15.6 Å². The molecule has 1 aromatic rings. The number of nitrogens with two attached hydrogens (primary N) is 1. The SMILES string of the molecule is CCOC(=O)CCC(NC(=O)CNC(=O)/C(C(C)=Nc1ccc(Cl)c(Cl)c1)=C(\C)N)C(=O)OCC. The first kappa shape index (κ1) is 29.9. The lowest BCUT2D eigenvalue weighted by Crippen LogP contribution is -2.47. The molecular weight excluding hydrogens is 499 g/mol. The molecule has 0 spiro atoms. The molecule has 0 aliphatic rings. The van der Waals surface area contributed by atoms with Gasteiger partial charge in [-0.2, -0.15) is 0 Å². The second kappa shape index (κ2) is 15.0. The number of carbonyl (C=O) groups excluding carboxylic acids is 4. The molecule has 1 aromatic carbocycles. The standard InChI is InChI=1S/C23H30Cl2N4O6/c1-5-34-20(31)10-9-18(23(33)35-6-2)29-19(30)12-27-22(32)21(13(3)26)14(4)28-15-7-8-16(24)17(25)11-15/h7-8,11,18H,5-6,9-10,12,26H2,1-4H3,(H,27,32)(H,29,30)/b21-13+,28-14?. The largest absolute Gasteiger partial charge is 0.466 e. The first-order valence-corrected chi connectivity index (χ1v) is 11.6. The van der Waals surface area contributed by atoms with Crippen molar-refractivity contribution >= 4 is 58.4 Å². The monoisotopic (exact) mass is 528 g/mol. The molecule has 10 nitrogen and oxygen atoms in total. The summed E-state index contributed by atoms with van der Waals surface area (Å²) in [6.45, 7) is 6.23. The van der Waals surface area contributed by atoms with Crippen LogP contribution in [0.2, 0.25) is 10.0 Å². The number of rotatable bonds is 12. The fourth-order valence-corrected chi connectivity index (χ4v) is 3.21. The normalized spacial score (nSPS) is 12.8. The number of allylic oxidation sites excluding steroid dienone is 1. The predicted octanol–water partition coefficient (Wildman–Crippen LogP) is 2.83. The maximum absolute atomic E-state index is 12.7. The van der Waals surface area contributed by atoms with Gasteiger partial charge in [0.2, 0.25) is 5.91 Å². The Kier molecular flexibility index (Phi) is 12.8. The third kappa shape index (κ3) is 10.4. The van der Waals surface area contributed by atoms with Crippen LogP contribution in [0.15, 0.2) is 34.5 Å². The zero-order valence-electron chi connectivity index (χ0n) is 20.1. The Morgan fingerprint density at radius 2 is 1.71 bits per heavy atom. The van der Waals surface area contributed by atoms with Crippen molar-refractivity contribution in [2.75, 3.05) is 19.8 Å². The highest BCUT2D eigenvalue weighted by atomic mass is 35.5. The number of esters is 2. The van der Waals surface area contributed by atoms with Crippen LogP contribution in [-0.2, 0) is 28.7 Å². The van der Waals surface area contributed by atoms with Crippen molar-refractivity contribution < 1.29 is 28.7 Å². The van der Waals surface area contributed by atoms with Crippen LogP contribution in [0.1, 0.15) is 40.5 Å². The Labute approximate surface area is 214 Å². The first-order valence-electron chi connectivity index (χ1n) is 10.9. The molecule has 0 fully saturated rings. The summed E-state index contributed by atoms with van der Waals surface area (Å²) in [5, 5.41) is 5.58. The summed E-state index contributed by atoms with van der Waals surface area (Å²) in [6.07, 6.45) is -0.104. The van der Waals surface area contributed by atoms with Crippen LogP contribution in [0, 0.1) is 0 Å². The molecule has 0 aromatic heterocycles. The van der Waals surface area contributed by atoms with Crippen molar-refractivity contribution in [1.29, 1.82) is 0 Å². The highest BCUT2D eigenvalue weighted by Crippen LogP contribution is 2.27. The van der Waals surface area contributed by atoms with E-state index in [9.17, 15) is 19.2 Å². The number of ether oxygens (including phenoxy) is 2. The number of carbonyl (C=O) groups is 4. The number of nitrogens with zero attached hydrogens (tertiary/aromatic N) is 1. The van der Waals surface area contributed by atoms with Crippen molar-refractivity contribution in [3.8, 4) is 0 Å². The summed E-state index contributed by atoms with van der Waals surface area (Å²) in [6, 6.07) is 3.65. The van der Waals surface area contributed by atoms with Crippen LogP contribution in [0.5, 0.6) is 0 Å². The molecule has 0 saturated carbocycles. The highest BCUT2D eigenvalue weighted by molar-refractivity contribution is 6.42. The van der Waals surface area contributed by atoms with E-state index < -0.39 is 36.3 Å². The van der Waals surface area contributed by atoms with Crippen molar-refractivity contribution in [3.63, 3.8) is 0 Å². The summed E-state index contributed by atoms with van der Waals surface area (Å²) < 4.78 is 9.78. The van der Waals surface area contributed by atoms with Gasteiger partial charge in [-0.1, -0.05) is 23.2 Å². The summed E-state index contributed by atoms with van der Waals surface area (Å²) >= 11 is 11.9. The lowest BCUT2D eigenvalue weighted by Gasteiger charge is -2.17. The Balaban J connectivity index is 2.85. The van der Waals surface area contributed by atoms with Gasteiger partial charge in [-0.25, -0.2) is 4.79 Å². The quantitative estimate of drug-likeness (QED) is 0.214. The number of nitrogens with one attached hydrogen (secondary N) is 2. The molecule has 2 amide bonds. The van der Waals surface area contributed by atoms with Gasteiger partial charge >= 0.3 is 11.9 Å². The summed E-state index contributed by atoms with van der Waals surface area (Å²) in [7, 11) is 0. The molecule has 1 rings (SSSR count). The minimum Gasteiger partial charge on any atom is -0.466 e. The van der Waals surface area contributed by atoms with Crippen LogP contribution in [0.3, 0.4) is 0 Å². The van der Waals surface area contributed by atoms with E-state index in [1.54, 1.807) is 32.9 Å². The van der Waals surface area contributed by atoms with E-state index in [1.807, 2.05) is 0 Å². The van der Waals surface area contributed by atoms with E-state index in [-0.39, 0.29) is 37.3 Å². The van der Waals surface area contributed by atoms with Crippen LogP contribution in [0.25, 0.3) is 0 Å². The number of hydrogen-bond donors (Lipinski definition) is 3. The van der Waals surface area contributed by atoms with E-state index in [0.29, 0.717) is 21.4 Å². The van der Waals surface area contributed by atoms with Gasteiger partial charge < -0.3 is 25.8 Å². The van der Waals surface area contributed by atoms with Gasteiger partial charge in [-0.05, 0) is 52.3 Å². The van der Waals surface area contributed by atoms with Crippen molar-refractivity contribution in [2.24, 2.45) is 10.7 Å². The Morgan fingerprint density at radius 1 is 1.06 bits per heavy atom. The number of hydrogen-bond acceptors (Lipinski definition) is 8. The third-order valence-corrected chi connectivity index (χ3v) is 5.18. The summed E-state index contributed by atoms with van der Waals surface area (Å²) in [5.74, 6) is -2.50. The van der Waals surface area contributed by atoms with Gasteiger partial charge in [0.25, 0.3) is 5.91 Å². The molecule has 192 valence electrons. The third-order valence-electron chi connectivity index (χ3n) is 4.44. The molecule has 35 heavy (non-hydrogen) atoms. The maximum Gasteiger partial charge on any atom is 0.328 e. The topological polar surface area (TPSA) is 149 Å². The van der Waals surface area contributed by atoms with Gasteiger partial charge in [0, 0.05) is 12.1 Å². The smallest absolute Gasteiger partial charge is 0.328 e. The second-order valence-corrected chi connectivity index (χ2v) is 8.07. The Hall–Kier alpha value is -3.11. The van der Waals surface area contributed by atoms with Gasteiger partial charge in [-0.3, -0.25) is 19.4 Å². The Morgan fingerprint density at radius 3 is 2.29 bits per heavy atom. The van der Waals surface area contributed by atoms with Crippen LogP contribution < -0.4 is 16.4 Å².